The highest BCUT2D eigenvalue weighted by molar-refractivity contribution is 7.20. The predicted molar refractivity (Wildman–Crippen MR) is 498 cm³/mol. The summed E-state index contributed by atoms with van der Waals surface area (Å²) in [6, 6.07) is 100. The van der Waals surface area contributed by atoms with Crippen molar-refractivity contribution in [1.29, 1.82) is 0 Å². The first-order valence-corrected chi connectivity index (χ1v) is 42.2. The molecule has 0 bridgehead atoms. The molecule has 0 atom stereocenters. The van der Waals surface area contributed by atoms with Gasteiger partial charge in [0.15, 0.2) is 17.4 Å². The summed E-state index contributed by atoms with van der Waals surface area (Å²) in [5.41, 5.74) is 29.8. The van der Waals surface area contributed by atoms with Gasteiger partial charge in [-0.3, -0.25) is 13.6 Å². The van der Waals surface area contributed by atoms with Gasteiger partial charge in [-0.25, -0.2) is 32.1 Å². The Hall–Kier alpha value is -14.4. The molecule has 0 radical (unpaired) electrons. The number of carbonyl (C=O) groups excluding carboxylic acids is 3. The molecule has 0 saturated carbocycles. The maximum atomic E-state index is 13.5. The van der Waals surface area contributed by atoms with Crippen LogP contribution >= 0.6 is 11.3 Å². The molecule has 126 heavy (non-hydrogen) atoms. The number of nitrogens with zero attached hydrogens (tertiary/aromatic N) is 5. The molecule has 4 aromatic heterocycles. The lowest BCUT2D eigenvalue weighted by atomic mass is 9.86. The molecule has 17 heteroatoms. The molecule has 4 aliphatic rings. The summed E-state index contributed by atoms with van der Waals surface area (Å²) >= 11 is 1.67. The highest BCUT2D eigenvalue weighted by Crippen LogP contribution is 2.45. The first-order chi connectivity index (χ1) is 61.0. The van der Waals surface area contributed by atoms with Crippen molar-refractivity contribution in [1.82, 2.24) is 24.0 Å². The van der Waals surface area contributed by atoms with Crippen molar-refractivity contribution < 1.29 is 50.9 Å². The van der Waals surface area contributed by atoms with Gasteiger partial charge in [0.25, 0.3) is 0 Å². The number of hydrogen-bond donors (Lipinski definition) is 0. The van der Waals surface area contributed by atoms with Crippen molar-refractivity contribution in [3.8, 4) is 44.2 Å². The van der Waals surface area contributed by atoms with Crippen molar-refractivity contribution >= 4 is 84.3 Å². The fraction of sp³-hybridized carbons (Fsp3) is 0.138. The van der Waals surface area contributed by atoms with E-state index in [1.807, 2.05) is 198 Å². The summed E-state index contributed by atoms with van der Waals surface area (Å²) in [6.07, 6.45) is 3.66. The second kappa shape index (κ2) is 39.0. The van der Waals surface area contributed by atoms with E-state index in [4.69, 9.17) is 23.9 Å². The number of rotatable bonds is 13. The highest BCUT2D eigenvalue weighted by Gasteiger charge is 2.42. The van der Waals surface area contributed by atoms with Gasteiger partial charge in [-0.05, 0) is 195 Å². The molecule has 628 valence electrons. The third-order valence-corrected chi connectivity index (χ3v) is 23.2. The Morgan fingerprint density at radius 3 is 1.33 bits per heavy atom. The SMILES string of the molecule is CC(=O)c1cccn2c(-c3ccc(F)cc3)c(-c3ccc(C)cc3)nc12.Cc1ccc(-c2sc3nncn3c2-c2ccccc2)cc1.Cc1ccc(C2=C(c3ccc(F)c(F)c3)COC2)cc1.Cc1ccc(C2=C(c3cccc(F)c3)C(=O)OC2(C)C)cc1.Cc1ccc(C2=C(c3ccccc3)C(=O)OC2)cc1.Cc1ccc(C2=C(c3ccccc3)COC2)cc1. The van der Waals surface area contributed by atoms with Crippen LogP contribution in [0.4, 0.5) is 17.6 Å². The van der Waals surface area contributed by atoms with E-state index in [-0.39, 0.29) is 23.4 Å². The molecule has 0 N–H and O–H groups in total. The summed E-state index contributed by atoms with van der Waals surface area (Å²) in [4.78, 5) is 43.3. The average Bonchev–Trinajstić information content (AvgIpc) is 1.60. The lowest BCUT2D eigenvalue weighted by molar-refractivity contribution is -0.142. The second-order valence-corrected chi connectivity index (χ2v) is 32.6. The smallest absolute Gasteiger partial charge is 0.340 e. The van der Waals surface area contributed by atoms with Gasteiger partial charge in [-0.1, -0.05) is 300 Å². The Morgan fingerprint density at radius 2 is 0.817 bits per heavy atom. The molecule has 20 rings (SSSR count). The minimum atomic E-state index is -0.829. The molecule has 12 aromatic carbocycles. The molecule has 0 fully saturated rings. The van der Waals surface area contributed by atoms with Gasteiger partial charge < -0.3 is 18.9 Å². The lowest BCUT2D eigenvalue weighted by Crippen LogP contribution is -2.22. The van der Waals surface area contributed by atoms with Crippen molar-refractivity contribution in [2.24, 2.45) is 0 Å². The predicted octanol–water partition coefficient (Wildman–Crippen LogP) is 25.7. The summed E-state index contributed by atoms with van der Waals surface area (Å²) in [5.74, 6) is -3.00. The third kappa shape index (κ3) is 20.0. The van der Waals surface area contributed by atoms with Crippen LogP contribution < -0.4 is 0 Å². The fourth-order valence-corrected chi connectivity index (χ4v) is 16.5. The van der Waals surface area contributed by atoms with Crippen LogP contribution in [0.5, 0.6) is 0 Å². The summed E-state index contributed by atoms with van der Waals surface area (Å²) in [6.45, 7) is 20.3. The Morgan fingerprint density at radius 1 is 0.381 bits per heavy atom. The van der Waals surface area contributed by atoms with Crippen LogP contribution in [0.1, 0.15) is 109 Å². The quantitative estimate of drug-likeness (QED) is 0.0623. The van der Waals surface area contributed by atoms with Crippen LogP contribution in [0.2, 0.25) is 0 Å². The number of hydrogen-bond acceptors (Lipinski definition) is 11. The Labute approximate surface area is 734 Å². The van der Waals surface area contributed by atoms with Crippen molar-refractivity contribution in [3.63, 3.8) is 0 Å². The van der Waals surface area contributed by atoms with E-state index in [1.54, 1.807) is 54.1 Å². The molecular formula is C109H91F4N5O7S. The first-order valence-electron chi connectivity index (χ1n) is 41.4. The summed E-state index contributed by atoms with van der Waals surface area (Å²) in [5, 5.41) is 8.22. The van der Waals surface area contributed by atoms with Gasteiger partial charge in [0.05, 0.1) is 65.1 Å². The number of halogens is 4. The fourth-order valence-electron chi connectivity index (χ4n) is 15.5. The zero-order valence-corrected chi connectivity index (χ0v) is 72.0. The number of Topliss-reactive ketones (excluding diaryl/α,β-unsaturated/α-hetero) is 1. The third-order valence-electron chi connectivity index (χ3n) is 22.1. The molecule has 0 unspecified atom stereocenters. The molecule has 0 saturated heterocycles. The van der Waals surface area contributed by atoms with E-state index in [0.29, 0.717) is 66.5 Å². The van der Waals surface area contributed by atoms with Crippen LogP contribution in [0, 0.1) is 64.8 Å². The number of cyclic esters (lactones) is 2. The van der Waals surface area contributed by atoms with Crippen molar-refractivity contribution in [2.75, 3.05) is 33.0 Å². The number of imidazole rings is 1. The van der Waals surface area contributed by atoms with E-state index in [2.05, 4.69) is 126 Å². The van der Waals surface area contributed by atoms with Crippen LogP contribution in [0.3, 0.4) is 0 Å². The molecule has 4 aliphatic heterocycles. The minimum absolute atomic E-state index is 0.0401. The number of aromatic nitrogens is 5. The van der Waals surface area contributed by atoms with Gasteiger partial charge in [0.1, 0.15) is 35.8 Å². The number of fused-ring (bicyclic) bond motifs is 2. The molecule has 12 nitrogen and oxygen atoms in total. The minimum Gasteiger partial charge on any atom is -0.457 e. The Bertz CT molecular complexity index is 6760. The summed E-state index contributed by atoms with van der Waals surface area (Å²) in [7, 11) is 0. The standard InChI is InChI=1S/C22H17FN2O.C19H17FO2.C17H14F2O.C17H13N3S.C17H14O2.C17H16O/c1-14-5-7-16(8-6-14)20-21(17-9-11-18(23)12-10-17)25-13-3-4-19(15(2)26)22(25)24-20;1-12-7-9-13(10-8-12)17-16(18(21)22-19(17,2)3)14-5-4-6-15(20)11-14;1-11-2-4-12(5-3-11)14-9-20-10-15(14)13-6-7-16(18)17(19)8-13;1-12-7-9-14(10-8-12)16-15(13-5-3-2-4-6-13)20-11-18-19-17(20)21-16;1-12-7-9-13(10-8-12)15-11-19-17(18)16(15)14-5-3-2-4-6-14;1-13-7-9-15(10-8-13)17-12-18-11-16(17)14-5-3-2-4-6-14/h3-13H,1-2H3;4-11H,1-3H3;2-8H,9-10H2,1H3;2-11H,1H3;2-10H,11H2,1H3;2-10H,11-12H2,1H3. The second-order valence-electron chi connectivity index (χ2n) is 31.7. The van der Waals surface area contributed by atoms with E-state index in [1.165, 1.54) is 97.8 Å². The van der Waals surface area contributed by atoms with E-state index >= 15 is 0 Å². The van der Waals surface area contributed by atoms with E-state index < -0.39 is 23.2 Å². The zero-order valence-electron chi connectivity index (χ0n) is 71.2. The first kappa shape index (κ1) is 86.6. The van der Waals surface area contributed by atoms with Crippen LogP contribution in [0.15, 0.2) is 328 Å². The number of benzene rings is 12. The topological polar surface area (TPSA) is 136 Å². The largest absolute Gasteiger partial charge is 0.457 e. The number of ether oxygens (including phenoxy) is 4. The maximum Gasteiger partial charge on any atom is 0.340 e. The summed E-state index contributed by atoms with van der Waals surface area (Å²) < 4.78 is 79.2. The monoisotopic (exact) mass is 1690 g/mol. The normalized spacial score (nSPS) is 13.8. The van der Waals surface area contributed by atoms with E-state index in [0.717, 1.165) is 94.9 Å². The number of carbonyl (C=O) groups is 3. The molecule has 0 amide bonds. The molecule has 16 aromatic rings. The number of esters is 2. The van der Waals surface area contributed by atoms with Crippen molar-refractivity contribution in [2.45, 2.75) is 67.9 Å². The number of pyridine rings is 1. The van der Waals surface area contributed by atoms with Gasteiger partial charge in [0, 0.05) is 34.0 Å². The number of aryl methyl sites for hydroxylation is 6. The molecular weight excluding hydrogens is 1600 g/mol. The van der Waals surface area contributed by atoms with Gasteiger partial charge in [0.2, 0.25) is 4.96 Å². The van der Waals surface area contributed by atoms with Gasteiger partial charge >= 0.3 is 11.9 Å². The van der Waals surface area contributed by atoms with Crippen molar-refractivity contribution in [3.05, 3.63) is 435 Å². The Balaban J connectivity index is 0.000000117. The van der Waals surface area contributed by atoms with Crippen LogP contribution in [-0.2, 0) is 28.5 Å². The molecule has 0 aliphatic carbocycles. The van der Waals surface area contributed by atoms with Crippen LogP contribution in [0.25, 0.3) is 99.4 Å². The lowest BCUT2D eigenvalue weighted by Gasteiger charge is -2.21. The molecule has 0 spiro atoms. The number of ketones is 1. The zero-order chi connectivity index (χ0) is 88.1. The van der Waals surface area contributed by atoms with Crippen LogP contribution in [-0.4, -0.2) is 80.3 Å². The average molecular weight is 1690 g/mol. The Kier molecular flexibility index (Phi) is 26.8. The number of thiazole rings is 1. The van der Waals surface area contributed by atoms with E-state index in [9.17, 15) is 31.9 Å². The van der Waals surface area contributed by atoms with Gasteiger partial charge in [-0.15, -0.1) is 10.2 Å². The molecule has 8 heterocycles. The van der Waals surface area contributed by atoms with Gasteiger partial charge in [-0.2, -0.15) is 0 Å². The highest BCUT2D eigenvalue weighted by atomic mass is 32.1. The maximum absolute atomic E-state index is 13.5.